The van der Waals surface area contributed by atoms with E-state index in [4.69, 9.17) is 14.2 Å². The Labute approximate surface area is 411 Å². The number of carbonyl (C=O) groups excluding carboxylic acids is 3. The molecule has 0 fully saturated rings. The number of hydrogen-bond donors (Lipinski definition) is 0. The fraction of sp³-hybridized carbons (Fsp3) is 0.883. The van der Waals surface area contributed by atoms with E-state index in [2.05, 4.69) is 45.1 Å². The van der Waals surface area contributed by atoms with Crippen LogP contribution in [0.15, 0.2) is 24.3 Å². The van der Waals surface area contributed by atoms with Gasteiger partial charge in [-0.25, -0.2) is 0 Å². The fourth-order valence-corrected chi connectivity index (χ4v) is 8.71. The maximum atomic E-state index is 12.7. The third-order valence-corrected chi connectivity index (χ3v) is 13.2. The van der Waals surface area contributed by atoms with Crippen LogP contribution in [0.5, 0.6) is 0 Å². The molecule has 6 nitrogen and oxygen atoms in total. The molecule has 6 heteroatoms. The average Bonchev–Trinajstić information content (AvgIpc) is 3.31. The van der Waals surface area contributed by atoms with Gasteiger partial charge in [-0.15, -0.1) is 0 Å². The summed E-state index contributed by atoms with van der Waals surface area (Å²) in [7, 11) is 0. The van der Waals surface area contributed by atoms with Crippen LogP contribution >= 0.6 is 0 Å². The predicted molar refractivity (Wildman–Crippen MR) is 284 cm³/mol. The molecule has 0 N–H and O–H groups in total. The minimum atomic E-state index is -0.767. The van der Waals surface area contributed by atoms with Gasteiger partial charge in [-0.3, -0.25) is 14.4 Å². The van der Waals surface area contributed by atoms with Crippen LogP contribution in [-0.2, 0) is 28.6 Å². The van der Waals surface area contributed by atoms with E-state index >= 15 is 0 Å². The zero-order valence-electron chi connectivity index (χ0n) is 44.5. The summed E-state index contributed by atoms with van der Waals surface area (Å²) < 4.78 is 16.7. The molecule has 0 aromatic heterocycles. The van der Waals surface area contributed by atoms with Crippen LogP contribution in [0.25, 0.3) is 0 Å². The highest BCUT2D eigenvalue weighted by Crippen LogP contribution is 2.17. The molecule has 0 rings (SSSR count). The highest BCUT2D eigenvalue weighted by Gasteiger charge is 2.19. The van der Waals surface area contributed by atoms with Crippen LogP contribution < -0.4 is 0 Å². The molecule has 388 valence electrons. The summed E-state index contributed by atoms with van der Waals surface area (Å²) in [4.78, 5) is 37.7. The SMILES string of the molecule is CCCC/C=C\CCCCCCCC(=O)OC(COC(=O)CCCCCCCC)COC(=O)CCCCCCCCCCCCCCCCCCCCC/C=C\CCCCCCCCCC. The lowest BCUT2D eigenvalue weighted by molar-refractivity contribution is -0.167. The van der Waals surface area contributed by atoms with Gasteiger partial charge >= 0.3 is 17.9 Å². The van der Waals surface area contributed by atoms with Crippen molar-refractivity contribution in [2.75, 3.05) is 13.2 Å². The Morgan fingerprint density at radius 1 is 0.288 bits per heavy atom. The number of carbonyl (C=O) groups is 3. The quantitative estimate of drug-likeness (QED) is 0.0262. The molecular formula is C60H112O6. The second-order valence-electron chi connectivity index (χ2n) is 19.9. The topological polar surface area (TPSA) is 78.9 Å². The molecule has 0 aromatic carbocycles. The Morgan fingerprint density at radius 2 is 0.515 bits per heavy atom. The van der Waals surface area contributed by atoms with Crippen LogP contribution in [0.4, 0.5) is 0 Å². The molecule has 0 aliphatic heterocycles. The van der Waals surface area contributed by atoms with E-state index in [1.807, 2.05) is 0 Å². The van der Waals surface area contributed by atoms with Crippen molar-refractivity contribution < 1.29 is 28.6 Å². The van der Waals surface area contributed by atoms with Crippen molar-refractivity contribution >= 4 is 17.9 Å². The zero-order valence-corrected chi connectivity index (χ0v) is 44.5. The molecule has 1 unspecified atom stereocenters. The number of ether oxygens (including phenoxy) is 3. The van der Waals surface area contributed by atoms with E-state index in [9.17, 15) is 14.4 Å². The van der Waals surface area contributed by atoms with Gasteiger partial charge in [-0.1, -0.05) is 263 Å². The van der Waals surface area contributed by atoms with Gasteiger partial charge < -0.3 is 14.2 Å². The third kappa shape index (κ3) is 52.9. The molecule has 0 aliphatic carbocycles. The normalized spacial score (nSPS) is 12.1. The van der Waals surface area contributed by atoms with Gasteiger partial charge in [0.05, 0.1) is 0 Å². The van der Waals surface area contributed by atoms with Gasteiger partial charge in [0.25, 0.3) is 0 Å². The van der Waals surface area contributed by atoms with E-state index < -0.39 is 6.10 Å². The minimum Gasteiger partial charge on any atom is -0.462 e. The monoisotopic (exact) mass is 929 g/mol. The Morgan fingerprint density at radius 3 is 0.803 bits per heavy atom. The molecule has 0 saturated heterocycles. The molecule has 0 aliphatic rings. The molecule has 0 bridgehead atoms. The van der Waals surface area contributed by atoms with Crippen molar-refractivity contribution in [2.45, 2.75) is 329 Å². The first-order valence-corrected chi connectivity index (χ1v) is 29.3. The van der Waals surface area contributed by atoms with E-state index in [1.165, 1.54) is 218 Å². The second kappa shape index (κ2) is 55.5. The third-order valence-electron chi connectivity index (χ3n) is 13.2. The van der Waals surface area contributed by atoms with Crippen LogP contribution in [0, 0.1) is 0 Å². The van der Waals surface area contributed by atoms with Crippen LogP contribution in [0.2, 0.25) is 0 Å². The molecule has 0 saturated carbocycles. The van der Waals surface area contributed by atoms with Gasteiger partial charge in [-0.05, 0) is 64.2 Å². The van der Waals surface area contributed by atoms with Crippen molar-refractivity contribution in [1.29, 1.82) is 0 Å². The highest BCUT2D eigenvalue weighted by atomic mass is 16.6. The van der Waals surface area contributed by atoms with E-state index in [0.717, 1.165) is 64.2 Å². The molecule has 0 radical (unpaired) electrons. The van der Waals surface area contributed by atoms with Crippen molar-refractivity contribution in [3.63, 3.8) is 0 Å². The average molecular weight is 930 g/mol. The van der Waals surface area contributed by atoms with Crippen molar-refractivity contribution in [2.24, 2.45) is 0 Å². The summed E-state index contributed by atoms with van der Waals surface area (Å²) in [6, 6.07) is 0. The van der Waals surface area contributed by atoms with Crippen molar-refractivity contribution in [3.05, 3.63) is 24.3 Å². The second-order valence-corrected chi connectivity index (χ2v) is 19.9. The lowest BCUT2D eigenvalue weighted by atomic mass is 10.0. The summed E-state index contributed by atoms with van der Waals surface area (Å²) in [5, 5.41) is 0. The standard InChI is InChI=1S/C60H112O6/c1-4-7-10-13-16-18-20-21-22-23-24-25-26-27-28-29-30-31-32-33-34-35-36-37-38-39-41-42-44-47-50-53-59(62)65-56-57(55-64-58(61)52-49-46-15-12-9-6-3)66-60(63)54-51-48-45-43-40-19-17-14-11-8-5-2/h14,17,23-24,57H,4-13,15-16,18-22,25-56H2,1-3H3/b17-14-,24-23-. The molecule has 0 heterocycles. The summed E-state index contributed by atoms with van der Waals surface area (Å²) in [6.45, 7) is 6.56. The van der Waals surface area contributed by atoms with Crippen LogP contribution in [0.1, 0.15) is 323 Å². The predicted octanol–water partition coefficient (Wildman–Crippen LogP) is 19.5. The van der Waals surface area contributed by atoms with Crippen molar-refractivity contribution in [1.82, 2.24) is 0 Å². The molecular weight excluding hydrogens is 817 g/mol. The first kappa shape index (κ1) is 63.9. The number of esters is 3. The zero-order chi connectivity index (χ0) is 47.9. The largest absolute Gasteiger partial charge is 0.462 e. The number of allylic oxidation sites excluding steroid dienone is 4. The Balaban J connectivity index is 3.89. The lowest BCUT2D eigenvalue weighted by Crippen LogP contribution is -2.30. The first-order valence-electron chi connectivity index (χ1n) is 29.3. The summed E-state index contributed by atoms with van der Waals surface area (Å²) in [5.74, 6) is -0.877. The Hall–Kier alpha value is -2.11. The lowest BCUT2D eigenvalue weighted by Gasteiger charge is -2.18. The van der Waals surface area contributed by atoms with Gasteiger partial charge in [0, 0.05) is 19.3 Å². The van der Waals surface area contributed by atoms with E-state index in [0.29, 0.717) is 19.3 Å². The highest BCUT2D eigenvalue weighted by molar-refractivity contribution is 5.71. The Kier molecular flexibility index (Phi) is 53.7. The maximum absolute atomic E-state index is 12.7. The maximum Gasteiger partial charge on any atom is 0.306 e. The van der Waals surface area contributed by atoms with Gasteiger partial charge in [0.2, 0.25) is 0 Å². The summed E-state index contributed by atoms with van der Waals surface area (Å²) in [5.41, 5.74) is 0. The molecule has 0 spiro atoms. The fourth-order valence-electron chi connectivity index (χ4n) is 8.71. The minimum absolute atomic E-state index is 0.0707. The van der Waals surface area contributed by atoms with Crippen LogP contribution in [0.3, 0.4) is 0 Å². The summed E-state index contributed by atoms with van der Waals surface area (Å²) in [6.07, 6.45) is 65.2. The van der Waals surface area contributed by atoms with Gasteiger partial charge in [-0.2, -0.15) is 0 Å². The molecule has 0 amide bonds. The van der Waals surface area contributed by atoms with Crippen LogP contribution in [-0.4, -0.2) is 37.2 Å². The number of rotatable bonds is 54. The molecule has 66 heavy (non-hydrogen) atoms. The summed E-state index contributed by atoms with van der Waals surface area (Å²) >= 11 is 0. The smallest absolute Gasteiger partial charge is 0.306 e. The van der Waals surface area contributed by atoms with E-state index in [1.54, 1.807) is 0 Å². The van der Waals surface area contributed by atoms with Gasteiger partial charge in [0.15, 0.2) is 6.10 Å². The van der Waals surface area contributed by atoms with Crippen molar-refractivity contribution in [3.8, 4) is 0 Å². The van der Waals surface area contributed by atoms with E-state index in [-0.39, 0.29) is 31.1 Å². The number of hydrogen-bond acceptors (Lipinski definition) is 6. The van der Waals surface area contributed by atoms with Gasteiger partial charge in [0.1, 0.15) is 13.2 Å². The number of unbranched alkanes of at least 4 members (excludes halogenated alkanes) is 39. The first-order chi connectivity index (χ1) is 32.5. The molecule has 1 atom stereocenters. The molecule has 0 aromatic rings. The Bertz CT molecular complexity index is 1070.